The first-order valence-corrected chi connectivity index (χ1v) is 6.99. The molecule has 0 aliphatic carbocycles. The van der Waals surface area contributed by atoms with Gasteiger partial charge in [-0.1, -0.05) is 25.1 Å². The van der Waals surface area contributed by atoms with Crippen LogP contribution in [-0.4, -0.2) is 5.11 Å². The lowest BCUT2D eigenvalue weighted by atomic mass is 10.1. The highest BCUT2D eigenvalue weighted by Gasteiger charge is 2.11. The average molecular weight is 354 g/mol. The van der Waals surface area contributed by atoms with Crippen LogP contribution in [0.1, 0.15) is 25.0 Å². The van der Waals surface area contributed by atoms with E-state index in [1.807, 2.05) is 55.5 Å². The fraction of sp³-hybridized carbons (Fsp3) is 0.200. The number of aliphatic hydroxyl groups is 1. The summed E-state index contributed by atoms with van der Waals surface area (Å²) in [5.41, 5.74) is 0.832. The molecule has 0 saturated heterocycles. The van der Waals surface area contributed by atoms with Gasteiger partial charge < -0.3 is 9.84 Å². The number of halogens is 1. The molecule has 0 amide bonds. The van der Waals surface area contributed by atoms with Gasteiger partial charge in [-0.3, -0.25) is 0 Å². The van der Waals surface area contributed by atoms with E-state index in [1.54, 1.807) is 0 Å². The Labute approximate surface area is 121 Å². The monoisotopic (exact) mass is 354 g/mol. The molecule has 2 nitrogen and oxygen atoms in total. The van der Waals surface area contributed by atoms with Gasteiger partial charge in [-0.15, -0.1) is 0 Å². The highest BCUT2D eigenvalue weighted by atomic mass is 127. The normalized spacial score (nSPS) is 12.2. The number of hydrogen-bond acceptors (Lipinski definition) is 2. The Morgan fingerprint density at radius 3 is 2.44 bits per heavy atom. The molecule has 3 heteroatoms. The van der Waals surface area contributed by atoms with E-state index in [9.17, 15) is 5.11 Å². The quantitative estimate of drug-likeness (QED) is 0.818. The van der Waals surface area contributed by atoms with Crippen molar-refractivity contribution in [1.29, 1.82) is 0 Å². The summed E-state index contributed by atoms with van der Waals surface area (Å²) in [4.78, 5) is 0. The molecule has 0 aromatic heterocycles. The largest absolute Gasteiger partial charge is 0.457 e. The van der Waals surface area contributed by atoms with Gasteiger partial charge in [0.2, 0.25) is 0 Å². The molecule has 0 saturated carbocycles. The first-order valence-electron chi connectivity index (χ1n) is 5.91. The smallest absolute Gasteiger partial charge is 0.133 e. The summed E-state index contributed by atoms with van der Waals surface area (Å²) in [6, 6.07) is 15.4. The Balaban J connectivity index is 2.26. The minimum atomic E-state index is -0.481. The standard InChI is InChI=1S/C15H15IO2/c1-2-14(17)13-5-3-4-6-15(13)18-12-9-7-11(16)8-10-12/h3-10,14,17H,2H2,1H3/t14-/m1/s1. The van der Waals surface area contributed by atoms with Gasteiger partial charge in [0.05, 0.1) is 6.10 Å². The van der Waals surface area contributed by atoms with Crippen LogP contribution in [-0.2, 0) is 0 Å². The summed E-state index contributed by atoms with van der Waals surface area (Å²) < 4.78 is 6.99. The molecule has 0 fully saturated rings. The van der Waals surface area contributed by atoms with Crippen LogP contribution in [0, 0.1) is 3.57 Å². The highest BCUT2D eigenvalue weighted by molar-refractivity contribution is 14.1. The van der Waals surface area contributed by atoms with E-state index in [-0.39, 0.29) is 0 Å². The topological polar surface area (TPSA) is 29.5 Å². The fourth-order valence-corrected chi connectivity index (χ4v) is 2.06. The highest BCUT2D eigenvalue weighted by Crippen LogP contribution is 2.30. The third-order valence-corrected chi connectivity index (χ3v) is 3.43. The molecule has 0 heterocycles. The molecule has 0 radical (unpaired) electrons. The third kappa shape index (κ3) is 3.23. The van der Waals surface area contributed by atoms with Crippen molar-refractivity contribution in [2.24, 2.45) is 0 Å². The van der Waals surface area contributed by atoms with Crippen LogP contribution in [0.4, 0.5) is 0 Å². The van der Waals surface area contributed by atoms with Crippen LogP contribution >= 0.6 is 22.6 Å². The Hall–Kier alpha value is -1.07. The summed E-state index contributed by atoms with van der Waals surface area (Å²) in [7, 11) is 0. The molecule has 0 aliphatic rings. The number of aliphatic hydroxyl groups excluding tert-OH is 1. The maximum atomic E-state index is 9.95. The lowest BCUT2D eigenvalue weighted by molar-refractivity contribution is 0.170. The SMILES string of the molecule is CC[C@@H](O)c1ccccc1Oc1ccc(I)cc1. The molecule has 0 spiro atoms. The van der Waals surface area contributed by atoms with Crippen molar-refractivity contribution in [1.82, 2.24) is 0 Å². The zero-order valence-corrected chi connectivity index (χ0v) is 12.3. The summed E-state index contributed by atoms with van der Waals surface area (Å²) >= 11 is 2.26. The van der Waals surface area contributed by atoms with Gasteiger partial charge in [0.25, 0.3) is 0 Å². The zero-order chi connectivity index (χ0) is 13.0. The average Bonchev–Trinajstić information content (AvgIpc) is 2.41. The van der Waals surface area contributed by atoms with E-state index in [0.717, 1.165) is 11.3 Å². The second-order valence-corrected chi connectivity index (χ2v) is 5.26. The Morgan fingerprint density at radius 1 is 1.11 bits per heavy atom. The van der Waals surface area contributed by atoms with Gasteiger partial charge in [-0.05, 0) is 59.3 Å². The second kappa shape index (κ2) is 6.20. The zero-order valence-electron chi connectivity index (χ0n) is 10.1. The number of para-hydroxylation sites is 1. The molecule has 94 valence electrons. The van der Waals surface area contributed by atoms with Crippen LogP contribution < -0.4 is 4.74 Å². The molecule has 2 aromatic carbocycles. The molecule has 0 unspecified atom stereocenters. The first kappa shape index (κ1) is 13.4. The maximum absolute atomic E-state index is 9.95. The van der Waals surface area contributed by atoms with Crippen LogP contribution in [0.15, 0.2) is 48.5 Å². The Morgan fingerprint density at radius 2 is 1.78 bits per heavy atom. The van der Waals surface area contributed by atoms with E-state index in [4.69, 9.17) is 4.74 Å². The lowest BCUT2D eigenvalue weighted by Gasteiger charge is -2.14. The maximum Gasteiger partial charge on any atom is 0.133 e. The molecular formula is C15H15IO2. The Kier molecular flexibility index (Phi) is 4.60. The van der Waals surface area contributed by atoms with E-state index in [0.29, 0.717) is 12.2 Å². The molecular weight excluding hydrogens is 339 g/mol. The van der Waals surface area contributed by atoms with Crippen molar-refractivity contribution in [3.63, 3.8) is 0 Å². The minimum Gasteiger partial charge on any atom is -0.457 e. The van der Waals surface area contributed by atoms with Crippen molar-refractivity contribution >= 4 is 22.6 Å². The van der Waals surface area contributed by atoms with E-state index in [2.05, 4.69) is 22.6 Å². The number of ether oxygens (including phenoxy) is 1. The molecule has 18 heavy (non-hydrogen) atoms. The van der Waals surface area contributed by atoms with Gasteiger partial charge >= 0.3 is 0 Å². The predicted molar refractivity (Wildman–Crippen MR) is 80.9 cm³/mol. The molecule has 2 aromatic rings. The van der Waals surface area contributed by atoms with Crippen molar-refractivity contribution in [2.45, 2.75) is 19.4 Å². The molecule has 1 N–H and O–H groups in total. The molecule has 0 bridgehead atoms. The first-order chi connectivity index (χ1) is 8.70. The van der Waals surface area contributed by atoms with Crippen molar-refractivity contribution in [2.75, 3.05) is 0 Å². The third-order valence-electron chi connectivity index (χ3n) is 2.71. The number of hydrogen-bond donors (Lipinski definition) is 1. The van der Waals surface area contributed by atoms with Crippen LogP contribution in [0.3, 0.4) is 0 Å². The molecule has 1 atom stereocenters. The van der Waals surface area contributed by atoms with Gasteiger partial charge in [0.1, 0.15) is 11.5 Å². The van der Waals surface area contributed by atoms with Crippen LogP contribution in [0.2, 0.25) is 0 Å². The van der Waals surface area contributed by atoms with Gasteiger partial charge in [0, 0.05) is 9.13 Å². The summed E-state index contributed by atoms with van der Waals surface area (Å²) in [6.45, 7) is 1.95. The second-order valence-electron chi connectivity index (χ2n) is 4.02. The lowest BCUT2D eigenvalue weighted by Crippen LogP contribution is -1.98. The number of rotatable bonds is 4. The van der Waals surface area contributed by atoms with Crippen molar-refractivity contribution < 1.29 is 9.84 Å². The van der Waals surface area contributed by atoms with Crippen LogP contribution in [0.5, 0.6) is 11.5 Å². The summed E-state index contributed by atoms with van der Waals surface area (Å²) in [5, 5.41) is 9.95. The molecule has 2 rings (SSSR count). The van der Waals surface area contributed by atoms with Gasteiger partial charge in [-0.25, -0.2) is 0 Å². The summed E-state index contributed by atoms with van der Waals surface area (Å²) in [5.74, 6) is 1.50. The van der Waals surface area contributed by atoms with E-state index in [1.165, 1.54) is 3.57 Å². The fourth-order valence-electron chi connectivity index (χ4n) is 1.70. The minimum absolute atomic E-state index is 0.481. The van der Waals surface area contributed by atoms with Gasteiger partial charge in [0.15, 0.2) is 0 Å². The predicted octanol–water partition coefficient (Wildman–Crippen LogP) is 4.53. The van der Waals surface area contributed by atoms with E-state index >= 15 is 0 Å². The van der Waals surface area contributed by atoms with Crippen LogP contribution in [0.25, 0.3) is 0 Å². The van der Waals surface area contributed by atoms with Crippen molar-refractivity contribution in [3.05, 3.63) is 57.7 Å². The Bertz CT molecular complexity index is 508. The van der Waals surface area contributed by atoms with E-state index < -0.39 is 6.10 Å². The molecule has 0 aliphatic heterocycles. The van der Waals surface area contributed by atoms with Crippen molar-refractivity contribution in [3.8, 4) is 11.5 Å². The number of benzene rings is 2. The summed E-state index contributed by atoms with van der Waals surface area (Å²) in [6.07, 6.45) is 0.192. The van der Waals surface area contributed by atoms with Gasteiger partial charge in [-0.2, -0.15) is 0 Å².